The number of hydrogen-bond donors (Lipinski definition) is 0. The summed E-state index contributed by atoms with van der Waals surface area (Å²) in [5.74, 6) is 0. The molecule has 0 N–H and O–H groups in total. The van der Waals surface area contributed by atoms with Crippen molar-refractivity contribution in [1.29, 1.82) is 0 Å². The largest absolute Gasteiger partial charge is 0.616 e. The molecule has 2 heteroatoms. The van der Waals surface area contributed by atoms with Crippen molar-refractivity contribution < 1.29 is 4.55 Å². The van der Waals surface area contributed by atoms with Gasteiger partial charge in [0.15, 0.2) is 0 Å². The van der Waals surface area contributed by atoms with Crippen molar-refractivity contribution in [1.82, 2.24) is 0 Å². The highest BCUT2D eigenvalue weighted by atomic mass is 32.2. The van der Waals surface area contributed by atoms with Crippen LogP contribution in [0.15, 0.2) is 0 Å². The maximum absolute atomic E-state index is 10.6. The fourth-order valence-electron chi connectivity index (χ4n) is 0.453. The van der Waals surface area contributed by atoms with Gasteiger partial charge in [-0.05, 0) is 19.8 Å². The van der Waals surface area contributed by atoms with Gasteiger partial charge in [-0.1, -0.05) is 18.1 Å². The van der Waals surface area contributed by atoms with Crippen LogP contribution in [0.2, 0.25) is 0 Å². The molecule has 2 unspecified atom stereocenters. The smallest absolute Gasteiger partial charge is 0.112 e. The molecule has 0 aliphatic rings. The average molecular weight is 133 g/mol. The van der Waals surface area contributed by atoms with E-state index in [1.807, 2.05) is 6.92 Å². The lowest BCUT2D eigenvalue weighted by molar-refractivity contribution is 0.583. The predicted octanol–water partition coefficient (Wildman–Crippen LogP) is 1.37. The quantitative estimate of drug-likeness (QED) is 0.533. The molecule has 0 fully saturated rings. The van der Waals surface area contributed by atoms with Gasteiger partial charge in [-0.15, -0.1) is 0 Å². The van der Waals surface area contributed by atoms with E-state index in [9.17, 15) is 4.55 Å². The third-order valence-corrected chi connectivity index (χ3v) is 2.55. The highest BCUT2D eigenvalue weighted by Crippen LogP contribution is 2.04. The van der Waals surface area contributed by atoms with Gasteiger partial charge in [0.2, 0.25) is 0 Å². The first-order chi connectivity index (χ1) is 3.68. The van der Waals surface area contributed by atoms with Gasteiger partial charge in [-0.3, -0.25) is 0 Å². The van der Waals surface area contributed by atoms with Crippen LogP contribution in [-0.2, 0) is 11.2 Å². The maximum atomic E-state index is 10.6. The van der Waals surface area contributed by atoms with Gasteiger partial charge in [0.25, 0.3) is 0 Å². The summed E-state index contributed by atoms with van der Waals surface area (Å²) >= 11 is -0.650. The monoisotopic (exact) mass is 133 g/mol. The zero-order valence-corrected chi connectivity index (χ0v) is 6.33. The maximum Gasteiger partial charge on any atom is 0.112 e. The van der Waals surface area contributed by atoms with E-state index < -0.39 is 11.2 Å². The molecule has 0 bridgehead atoms. The van der Waals surface area contributed by atoms with Crippen molar-refractivity contribution in [2.75, 3.05) is 6.26 Å². The molecule has 0 aliphatic carbocycles. The van der Waals surface area contributed by atoms with Crippen LogP contribution in [0.4, 0.5) is 0 Å². The van der Waals surface area contributed by atoms with Crippen LogP contribution in [0.3, 0.4) is 0 Å². The molecule has 0 aromatic carbocycles. The molecular weight excluding hydrogens is 120 g/mol. The van der Waals surface area contributed by atoms with Crippen molar-refractivity contribution in [3.63, 3.8) is 0 Å². The molecule has 0 saturated heterocycles. The summed E-state index contributed by atoms with van der Waals surface area (Å²) in [7, 11) is 0. The third-order valence-electron chi connectivity index (χ3n) is 1.18. The lowest BCUT2D eigenvalue weighted by atomic mass is 10.3. The van der Waals surface area contributed by atoms with Gasteiger partial charge < -0.3 is 4.55 Å². The molecule has 0 rings (SSSR count). The molecule has 1 nitrogen and oxygen atoms in total. The Kier molecular flexibility index (Phi) is 4.38. The third kappa shape index (κ3) is 3.33. The molecule has 49 valence electrons. The Morgan fingerprint density at radius 2 is 2.25 bits per heavy atom. The minimum absolute atomic E-state index is 0.326. The SMILES string of the molecule is [CH2]CCC(C)[S+](C)[O-]. The predicted molar refractivity (Wildman–Crippen MR) is 38.1 cm³/mol. The Hall–Kier alpha value is 0.310. The topological polar surface area (TPSA) is 23.1 Å². The highest BCUT2D eigenvalue weighted by Gasteiger charge is 2.08. The Balaban J connectivity index is 3.17. The van der Waals surface area contributed by atoms with Gasteiger partial charge in [0.1, 0.15) is 5.25 Å². The second-order valence-electron chi connectivity index (χ2n) is 1.95. The second-order valence-corrected chi connectivity index (χ2v) is 3.75. The Labute approximate surface area is 54.7 Å². The van der Waals surface area contributed by atoms with E-state index in [0.29, 0.717) is 5.25 Å². The van der Waals surface area contributed by atoms with Crippen molar-refractivity contribution in [3.05, 3.63) is 6.92 Å². The van der Waals surface area contributed by atoms with Crippen molar-refractivity contribution in [2.24, 2.45) is 0 Å². The van der Waals surface area contributed by atoms with E-state index in [4.69, 9.17) is 0 Å². The van der Waals surface area contributed by atoms with Crippen LogP contribution in [0.1, 0.15) is 19.8 Å². The first-order valence-electron chi connectivity index (χ1n) is 2.80. The van der Waals surface area contributed by atoms with Crippen LogP contribution in [-0.4, -0.2) is 16.1 Å². The first-order valence-corrected chi connectivity index (χ1v) is 4.42. The Morgan fingerprint density at radius 1 is 1.75 bits per heavy atom. The van der Waals surface area contributed by atoms with E-state index in [-0.39, 0.29) is 0 Å². The van der Waals surface area contributed by atoms with Crippen LogP contribution in [0, 0.1) is 6.92 Å². The summed E-state index contributed by atoms with van der Waals surface area (Å²) in [5.41, 5.74) is 0. The van der Waals surface area contributed by atoms with Crippen LogP contribution >= 0.6 is 0 Å². The normalized spacial score (nSPS) is 18.0. The minimum Gasteiger partial charge on any atom is -0.616 e. The lowest BCUT2D eigenvalue weighted by Crippen LogP contribution is -2.14. The standard InChI is InChI=1S/C6H13OS/c1-4-5-6(2)8(3)7/h6H,1,4-5H2,2-3H3. The van der Waals surface area contributed by atoms with Gasteiger partial charge in [0.05, 0.1) is 6.26 Å². The van der Waals surface area contributed by atoms with Gasteiger partial charge in [-0.25, -0.2) is 0 Å². The Bertz CT molecular complexity index is 54.5. The molecule has 0 aliphatic heterocycles. The van der Waals surface area contributed by atoms with E-state index in [2.05, 4.69) is 6.92 Å². The van der Waals surface area contributed by atoms with Crippen molar-refractivity contribution in [3.8, 4) is 0 Å². The molecule has 0 heterocycles. The van der Waals surface area contributed by atoms with Crippen molar-refractivity contribution >= 4 is 11.2 Å². The minimum atomic E-state index is -0.650. The summed E-state index contributed by atoms with van der Waals surface area (Å²) in [6.45, 7) is 5.66. The molecule has 0 aromatic heterocycles. The fraction of sp³-hybridized carbons (Fsp3) is 0.833. The fourth-order valence-corrected chi connectivity index (χ4v) is 0.952. The lowest BCUT2D eigenvalue weighted by Gasteiger charge is -2.11. The van der Waals surface area contributed by atoms with Crippen molar-refractivity contribution in [2.45, 2.75) is 25.0 Å². The summed E-state index contributed by atoms with van der Waals surface area (Å²) in [6.07, 6.45) is 3.60. The van der Waals surface area contributed by atoms with Crippen LogP contribution in [0.5, 0.6) is 0 Å². The molecule has 0 saturated carbocycles. The molecule has 0 amide bonds. The van der Waals surface area contributed by atoms with E-state index in [1.165, 1.54) is 0 Å². The number of hydrogen-bond acceptors (Lipinski definition) is 1. The van der Waals surface area contributed by atoms with Crippen LogP contribution < -0.4 is 0 Å². The summed E-state index contributed by atoms with van der Waals surface area (Å²) in [5, 5.41) is 0.326. The van der Waals surface area contributed by atoms with Gasteiger partial charge >= 0.3 is 0 Å². The highest BCUT2D eigenvalue weighted by molar-refractivity contribution is 7.91. The molecule has 0 spiro atoms. The zero-order chi connectivity index (χ0) is 6.57. The summed E-state index contributed by atoms with van der Waals surface area (Å²) in [4.78, 5) is 0. The summed E-state index contributed by atoms with van der Waals surface area (Å²) < 4.78 is 10.6. The average Bonchev–Trinajstić information content (AvgIpc) is 1.67. The molecular formula is C6H13OS. The summed E-state index contributed by atoms with van der Waals surface area (Å²) in [6, 6.07) is 0. The van der Waals surface area contributed by atoms with E-state index in [1.54, 1.807) is 6.26 Å². The molecule has 2 atom stereocenters. The van der Waals surface area contributed by atoms with E-state index >= 15 is 0 Å². The van der Waals surface area contributed by atoms with E-state index in [0.717, 1.165) is 12.8 Å². The van der Waals surface area contributed by atoms with Gasteiger partial charge in [-0.2, -0.15) is 0 Å². The Morgan fingerprint density at radius 3 is 2.38 bits per heavy atom. The second kappa shape index (κ2) is 4.21. The zero-order valence-electron chi connectivity index (χ0n) is 5.52. The molecule has 8 heavy (non-hydrogen) atoms. The van der Waals surface area contributed by atoms with Gasteiger partial charge in [0, 0.05) is 0 Å². The number of rotatable bonds is 3. The molecule has 0 aromatic rings. The first kappa shape index (κ1) is 8.31. The molecule has 1 radical (unpaired) electrons. The van der Waals surface area contributed by atoms with Crippen LogP contribution in [0.25, 0.3) is 0 Å².